The summed E-state index contributed by atoms with van der Waals surface area (Å²) in [6.07, 6.45) is 2.93. The first-order valence-corrected chi connectivity index (χ1v) is 14.1. The van der Waals surface area contributed by atoms with Gasteiger partial charge in [0, 0.05) is 25.6 Å². The Bertz CT molecular complexity index is 1390. The number of nitrogens with one attached hydrogen (secondary N) is 1. The Morgan fingerprint density at radius 3 is 2.50 bits per heavy atom. The van der Waals surface area contributed by atoms with Gasteiger partial charge in [0.25, 0.3) is 5.56 Å². The topological polar surface area (TPSA) is 130 Å². The van der Waals surface area contributed by atoms with Crippen molar-refractivity contribution >= 4 is 15.5 Å². The molecule has 2 aromatic heterocycles. The fraction of sp³-hybridized carbons (Fsp3) is 0.560. The number of ether oxygens (including phenoxy) is 1. The summed E-state index contributed by atoms with van der Waals surface area (Å²) < 4.78 is 35.7. The predicted molar refractivity (Wildman–Crippen MR) is 137 cm³/mol. The molecule has 4 rings (SSSR count). The number of sulfonamides is 1. The SMILES string of the molecule is CCOc1ccc(S(=O)(=O)N2CCC(CO)CC2)cc1-c1nn2c(C(CC)CC)nc(C)c2c(=O)[nH]1. The molecule has 0 radical (unpaired) electrons. The van der Waals surface area contributed by atoms with Crippen molar-refractivity contribution in [1.29, 1.82) is 0 Å². The van der Waals surface area contributed by atoms with Crippen molar-refractivity contribution in [1.82, 2.24) is 23.9 Å². The zero-order chi connectivity index (χ0) is 26.0. The Labute approximate surface area is 211 Å². The van der Waals surface area contributed by atoms with E-state index in [2.05, 4.69) is 23.8 Å². The summed E-state index contributed by atoms with van der Waals surface area (Å²) in [4.78, 5) is 20.7. The van der Waals surface area contributed by atoms with Crippen LogP contribution in [-0.2, 0) is 10.0 Å². The van der Waals surface area contributed by atoms with Crippen LogP contribution in [0.2, 0.25) is 0 Å². The van der Waals surface area contributed by atoms with Gasteiger partial charge in [-0.15, -0.1) is 5.10 Å². The van der Waals surface area contributed by atoms with Gasteiger partial charge in [-0.3, -0.25) is 4.79 Å². The van der Waals surface area contributed by atoms with E-state index in [1.54, 1.807) is 17.5 Å². The number of nitrogens with zero attached hydrogens (tertiary/aromatic N) is 4. The molecule has 196 valence electrons. The number of hydrogen-bond acceptors (Lipinski definition) is 7. The van der Waals surface area contributed by atoms with E-state index in [0.29, 0.717) is 60.9 Å². The number of aliphatic hydroxyl groups is 1. The van der Waals surface area contributed by atoms with E-state index in [4.69, 9.17) is 9.84 Å². The Kier molecular flexibility index (Phi) is 7.82. The maximum atomic E-state index is 13.5. The zero-order valence-electron chi connectivity index (χ0n) is 21.3. The van der Waals surface area contributed by atoms with Crippen molar-refractivity contribution in [3.8, 4) is 17.1 Å². The van der Waals surface area contributed by atoms with Crippen molar-refractivity contribution in [2.24, 2.45) is 5.92 Å². The predicted octanol–water partition coefficient (Wildman–Crippen LogP) is 3.09. The van der Waals surface area contributed by atoms with Crippen LogP contribution < -0.4 is 10.3 Å². The smallest absolute Gasteiger partial charge is 0.277 e. The average molecular weight is 518 g/mol. The van der Waals surface area contributed by atoms with Crippen LogP contribution >= 0.6 is 0 Å². The van der Waals surface area contributed by atoms with Crippen LogP contribution in [0.25, 0.3) is 16.9 Å². The second-order valence-electron chi connectivity index (χ2n) is 9.25. The fourth-order valence-corrected chi connectivity index (χ4v) is 6.35. The van der Waals surface area contributed by atoms with Crippen LogP contribution in [-0.4, -0.2) is 63.7 Å². The van der Waals surface area contributed by atoms with E-state index in [-0.39, 0.29) is 34.7 Å². The van der Waals surface area contributed by atoms with Crippen LogP contribution in [0.3, 0.4) is 0 Å². The van der Waals surface area contributed by atoms with Crippen LogP contribution in [0, 0.1) is 12.8 Å². The van der Waals surface area contributed by atoms with Gasteiger partial charge in [-0.05, 0) is 63.6 Å². The van der Waals surface area contributed by atoms with Gasteiger partial charge < -0.3 is 14.8 Å². The summed E-state index contributed by atoms with van der Waals surface area (Å²) in [6, 6.07) is 4.65. The molecule has 10 nitrogen and oxygen atoms in total. The normalized spacial score (nSPS) is 15.7. The van der Waals surface area contributed by atoms with E-state index in [9.17, 15) is 18.3 Å². The quantitative estimate of drug-likeness (QED) is 0.446. The molecule has 1 saturated heterocycles. The van der Waals surface area contributed by atoms with E-state index < -0.39 is 10.0 Å². The molecule has 0 amide bonds. The maximum Gasteiger partial charge on any atom is 0.277 e. The van der Waals surface area contributed by atoms with Crippen LogP contribution in [0.1, 0.15) is 63.9 Å². The monoisotopic (exact) mass is 517 g/mol. The molecular weight excluding hydrogens is 482 g/mol. The number of rotatable bonds is 9. The van der Waals surface area contributed by atoms with Gasteiger partial charge in [-0.25, -0.2) is 17.9 Å². The van der Waals surface area contributed by atoms with Crippen molar-refractivity contribution in [2.75, 3.05) is 26.3 Å². The van der Waals surface area contributed by atoms with Crippen molar-refractivity contribution in [3.63, 3.8) is 0 Å². The first kappa shape index (κ1) is 26.3. The van der Waals surface area contributed by atoms with E-state index in [1.807, 2.05) is 6.92 Å². The third kappa shape index (κ3) is 4.79. The van der Waals surface area contributed by atoms with Gasteiger partial charge in [0.1, 0.15) is 11.6 Å². The lowest BCUT2D eigenvalue weighted by molar-refractivity contribution is 0.170. The number of aromatic amines is 1. The molecule has 0 saturated carbocycles. The highest BCUT2D eigenvalue weighted by molar-refractivity contribution is 7.89. The summed E-state index contributed by atoms with van der Waals surface area (Å²) in [5.74, 6) is 1.62. The number of aromatic nitrogens is 4. The van der Waals surface area contributed by atoms with Gasteiger partial charge in [-0.1, -0.05) is 13.8 Å². The number of imidazole rings is 1. The lowest BCUT2D eigenvalue weighted by Gasteiger charge is -2.30. The van der Waals surface area contributed by atoms with Gasteiger partial charge in [-0.2, -0.15) is 4.31 Å². The number of piperidine rings is 1. The number of H-pyrrole nitrogens is 1. The highest BCUT2D eigenvalue weighted by Gasteiger charge is 2.30. The molecule has 0 aliphatic carbocycles. The molecule has 1 fully saturated rings. The minimum atomic E-state index is -3.78. The van der Waals surface area contributed by atoms with Crippen molar-refractivity contribution in [3.05, 3.63) is 40.1 Å². The number of aliphatic hydroxyl groups excluding tert-OH is 1. The van der Waals surface area contributed by atoms with Gasteiger partial charge in [0.05, 0.1) is 22.8 Å². The summed E-state index contributed by atoms with van der Waals surface area (Å²) in [6.45, 7) is 8.90. The van der Waals surface area contributed by atoms with Gasteiger partial charge >= 0.3 is 0 Å². The number of aryl methyl sites for hydroxylation is 1. The lowest BCUT2D eigenvalue weighted by Crippen LogP contribution is -2.39. The molecule has 3 heterocycles. The first-order chi connectivity index (χ1) is 17.2. The molecule has 11 heteroatoms. The molecule has 2 N–H and O–H groups in total. The van der Waals surface area contributed by atoms with Crippen LogP contribution in [0.15, 0.2) is 27.9 Å². The number of hydrogen-bond donors (Lipinski definition) is 2. The Morgan fingerprint density at radius 2 is 1.89 bits per heavy atom. The number of fused-ring (bicyclic) bond motifs is 1. The summed E-state index contributed by atoms with van der Waals surface area (Å²) in [5.41, 5.74) is 1.03. The average Bonchev–Trinajstić information content (AvgIpc) is 3.21. The summed E-state index contributed by atoms with van der Waals surface area (Å²) in [7, 11) is -3.78. The van der Waals surface area contributed by atoms with Gasteiger partial charge in [0.15, 0.2) is 11.3 Å². The van der Waals surface area contributed by atoms with E-state index in [1.165, 1.54) is 16.4 Å². The molecule has 0 unspecified atom stereocenters. The van der Waals surface area contributed by atoms with Crippen LogP contribution in [0.5, 0.6) is 5.75 Å². The second-order valence-corrected chi connectivity index (χ2v) is 11.2. The molecule has 36 heavy (non-hydrogen) atoms. The molecule has 3 aromatic rings. The molecule has 0 atom stereocenters. The minimum Gasteiger partial charge on any atom is -0.493 e. The van der Waals surface area contributed by atoms with Crippen molar-refractivity contribution < 1.29 is 18.3 Å². The molecule has 0 spiro atoms. The Hall–Kier alpha value is -2.76. The standard InChI is InChI=1S/C25H35N5O5S/c1-5-18(6-2)24-26-16(4)22-25(32)27-23(28-30(22)24)20-14-19(8-9-21(20)35-7-3)36(33,34)29-12-10-17(15-31)11-13-29/h8-9,14,17-18,31H,5-7,10-13,15H2,1-4H3,(H,27,28,32). The van der Waals surface area contributed by atoms with Gasteiger partial charge in [0.2, 0.25) is 10.0 Å². The van der Waals surface area contributed by atoms with E-state index in [0.717, 1.165) is 12.8 Å². The number of benzene rings is 1. The lowest BCUT2D eigenvalue weighted by atomic mass is 10.00. The summed E-state index contributed by atoms with van der Waals surface area (Å²) in [5, 5.41) is 14.1. The largest absolute Gasteiger partial charge is 0.493 e. The highest BCUT2D eigenvalue weighted by atomic mass is 32.2. The highest BCUT2D eigenvalue weighted by Crippen LogP contribution is 2.33. The maximum absolute atomic E-state index is 13.5. The third-order valence-corrected chi connectivity index (χ3v) is 8.92. The Balaban J connectivity index is 1.84. The van der Waals surface area contributed by atoms with Crippen molar-refractivity contribution in [2.45, 2.75) is 64.2 Å². The first-order valence-electron chi connectivity index (χ1n) is 12.6. The van der Waals surface area contributed by atoms with E-state index >= 15 is 0 Å². The Morgan fingerprint density at radius 1 is 1.19 bits per heavy atom. The molecule has 1 aliphatic heterocycles. The fourth-order valence-electron chi connectivity index (χ4n) is 4.85. The molecule has 1 aliphatic rings. The summed E-state index contributed by atoms with van der Waals surface area (Å²) >= 11 is 0. The second kappa shape index (κ2) is 10.7. The minimum absolute atomic E-state index is 0.0647. The molecule has 1 aromatic carbocycles. The van der Waals surface area contributed by atoms with Crippen LogP contribution in [0.4, 0.5) is 0 Å². The molecule has 0 bridgehead atoms. The molecular formula is C25H35N5O5S. The third-order valence-electron chi connectivity index (χ3n) is 7.03. The zero-order valence-corrected chi connectivity index (χ0v) is 22.1.